The molecule has 1 aliphatic carbocycles. The van der Waals surface area contributed by atoms with Gasteiger partial charge in [0.15, 0.2) is 0 Å². The van der Waals surface area contributed by atoms with Crippen molar-refractivity contribution in [2.45, 2.75) is 90.3 Å². The van der Waals surface area contributed by atoms with Crippen LogP contribution < -0.4 is 21.3 Å². The molecular weight excluding hydrogens is 546 g/mol. The Morgan fingerprint density at radius 1 is 0.977 bits per heavy atom. The first kappa shape index (κ1) is 35.2. The van der Waals surface area contributed by atoms with Crippen LogP contribution in [0, 0.1) is 5.92 Å². The second-order valence-electron chi connectivity index (χ2n) is 11.0. The first-order valence-electron chi connectivity index (χ1n) is 15.5. The monoisotopic (exact) mass is 595 g/mol. The predicted octanol–water partition coefficient (Wildman–Crippen LogP) is 3.21. The van der Waals surface area contributed by atoms with Gasteiger partial charge in [-0.2, -0.15) is 0 Å². The van der Waals surface area contributed by atoms with E-state index in [0.717, 1.165) is 17.5 Å². The van der Waals surface area contributed by atoms with Gasteiger partial charge in [-0.25, -0.2) is 4.79 Å². The zero-order valence-electron chi connectivity index (χ0n) is 26.0. The van der Waals surface area contributed by atoms with Crippen molar-refractivity contribution in [1.82, 2.24) is 26.2 Å². The van der Waals surface area contributed by atoms with Crippen molar-refractivity contribution in [2.24, 2.45) is 5.92 Å². The maximum atomic E-state index is 14.0. The van der Waals surface area contributed by atoms with Crippen molar-refractivity contribution < 1.29 is 24.0 Å². The van der Waals surface area contributed by atoms with Crippen molar-refractivity contribution in [2.75, 3.05) is 19.6 Å². The van der Waals surface area contributed by atoms with Crippen LogP contribution in [0.4, 0.5) is 4.79 Å². The molecule has 0 saturated carbocycles. The first-order chi connectivity index (χ1) is 20.7. The smallest absolute Gasteiger partial charge is 0.315 e. The molecule has 10 nitrogen and oxygen atoms in total. The number of benzene rings is 1. The highest BCUT2D eigenvalue weighted by Crippen LogP contribution is 2.31. The Morgan fingerprint density at radius 3 is 2.21 bits per heavy atom. The Labute approximate surface area is 256 Å². The number of fused-ring (bicyclic) bond motifs is 1. The van der Waals surface area contributed by atoms with Gasteiger partial charge in [0.25, 0.3) is 5.91 Å². The predicted molar refractivity (Wildman–Crippen MR) is 168 cm³/mol. The number of carbonyl (C=O) groups is 5. The third-order valence-corrected chi connectivity index (χ3v) is 7.40. The highest BCUT2D eigenvalue weighted by Gasteiger charge is 2.42. The molecule has 1 aromatic rings. The van der Waals surface area contributed by atoms with E-state index in [1.54, 1.807) is 6.08 Å². The average molecular weight is 596 g/mol. The summed E-state index contributed by atoms with van der Waals surface area (Å²) in [6, 6.07) is 4.89. The molecule has 0 bridgehead atoms. The molecule has 0 aromatic heterocycles. The molecule has 2 aliphatic rings. The van der Waals surface area contributed by atoms with Gasteiger partial charge in [-0.15, -0.1) is 13.2 Å². The fourth-order valence-electron chi connectivity index (χ4n) is 5.35. The number of likely N-dealkylation sites (tertiary alicyclic amines) is 1. The summed E-state index contributed by atoms with van der Waals surface area (Å²) in [5.41, 5.74) is 2.30. The van der Waals surface area contributed by atoms with Crippen LogP contribution in [-0.2, 0) is 32.0 Å². The number of carbonyl (C=O) groups excluding carboxylic acids is 5. The minimum atomic E-state index is -1.05. The van der Waals surface area contributed by atoms with Crippen LogP contribution in [0.2, 0.25) is 0 Å². The zero-order chi connectivity index (χ0) is 31.8. The van der Waals surface area contributed by atoms with Crippen LogP contribution in [0.5, 0.6) is 0 Å². The van der Waals surface area contributed by atoms with Gasteiger partial charge in [0.1, 0.15) is 12.1 Å². The SMILES string of the molecule is C=CCCC(NC(=O)[C@@H]1CCCN1C(=O)[C@@H](NC(=O)NCCC)C1Cc2ccccc2C1)C(=O)C(=O)NCC=C.CCC. The van der Waals surface area contributed by atoms with Gasteiger partial charge in [-0.3, -0.25) is 19.2 Å². The molecule has 43 heavy (non-hydrogen) atoms. The number of urea groups is 1. The molecule has 0 spiro atoms. The second-order valence-corrected chi connectivity index (χ2v) is 11.0. The minimum absolute atomic E-state index is 0.128. The molecule has 3 rings (SSSR count). The van der Waals surface area contributed by atoms with Gasteiger partial charge < -0.3 is 26.2 Å². The van der Waals surface area contributed by atoms with Gasteiger partial charge >= 0.3 is 6.03 Å². The summed E-state index contributed by atoms with van der Waals surface area (Å²) in [6.45, 7) is 14.3. The van der Waals surface area contributed by atoms with E-state index in [1.807, 2.05) is 31.2 Å². The second kappa shape index (κ2) is 18.6. The van der Waals surface area contributed by atoms with E-state index in [0.29, 0.717) is 45.2 Å². The number of hydrogen-bond acceptors (Lipinski definition) is 5. The normalized spacial score (nSPS) is 16.9. The fraction of sp³-hybridized carbons (Fsp3) is 0.545. The maximum absolute atomic E-state index is 14.0. The van der Waals surface area contributed by atoms with Crippen LogP contribution in [-0.4, -0.2) is 72.2 Å². The van der Waals surface area contributed by atoms with E-state index < -0.39 is 41.8 Å². The Kier molecular flexibility index (Phi) is 15.2. The molecule has 10 heteroatoms. The molecular formula is C33H49N5O5. The van der Waals surface area contributed by atoms with E-state index in [2.05, 4.69) is 48.3 Å². The number of Topliss-reactive ketones (excluding diaryl/α,β-unsaturated/α-hetero) is 1. The standard InChI is InChI=1S/C30H41N5O5.C3H8/c1-4-7-13-23(26(36)28(38)31-15-5-2)33-27(37)24-14-10-17-35(24)29(39)25(34-30(40)32-16-6-3)22-18-20-11-8-9-12-21(20)19-22;1-3-2/h4-5,8-9,11-12,22-25H,1-2,6-7,10,13-19H2,3H3,(H,31,38)(H,33,37)(H2,32,34,40);3H2,1-2H3/t23?,24-,25-;/m0./s1. The topological polar surface area (TPSA) is 137 Å². The molecule has 1 aromatic carbocycles. The van der Waals surface area contributed by atoms with Gasteiger partial charge in [0.05, 0.1) is 6.04 Å². The quantitative estimate of drug-likeness (QED) is 0.193. The lowest BCUT2D eigenvalue weighted by Gasteiger charge is -2.32. The summed E-state index contributed by atoms with van der Waals surface area (Å²) in [7, 11) is 0. The number of amides is 5. The molecule has 5 amide bonds. The number of allylic oxidation sites excluding steroid dienone is 1. The largest absolute Gasteiger partial charge is 0.346 e. The lowest BCUT2D eigenvalue weighted by atomic mass is 9.95. The summed E-state index contributed by atoms with van der Waals surface area (Å²) in [5.74, 6) is -2.54. The van der Waals surface area contributed by atoms with E-state index in [9.17, 15) is 24.0 Å². The molecule has 1 heterocycles. The Bertz CT molecular complexity index is 1110. The summed E-state index contributed by atoms with van der Waals surface area (Å²) >= 11 is 0. The van der Waals surface area contributed by atoms with Crippen LogP contribution >= 0.6 is 0 Å². The van der Waals surface area contributed by atoms with Crippen LogP contribution in [0.25, 0.3) is 0 Å². The lowest BCUT2D eigenvalue weighted by Crippen LogP contribution is -2.58. The van der Waals surface area contributed by atoms with E-state index in [1.165, 1.54) is 17.4 Å². The summed E-state index contributed by atoms with van der Waals surface area (Å²) in [6.07, 6.45) is 8.01. The summed E-state index contributed by atoms with van der Waals surface area (Å²) < 4.78 is 0. The maximum Gasteiger partial charge on any atom is 0.315 e. The Balaban J connectivity index is 0.00000206. The molecule has 3 atom stereocenters. The fourth-order valence-corrected chi connectivity index (χ4v) is 5.35. The average Bonchev–Trinajstić information content (AvgIpc) is 3.67. The van der Waals surface area contributed by atoms with Crippen molar-refractivity contribution >= 4 is 29.5 Å². The van der Waals surface area contributed by atoms with Gasteiger partial charge in [0, 0.05) is 19.6 Å². The molecule has 1 fully saturated rings. The van der Waals surface area contributed by atoms with E-state index in [-0.39, 0.29) is 24.8 Å². The number of hydrogen-bond donors (Lipinski definition) is 4. The number of rotatable bonds is 14. The number of nitrogens with one attached hydrogen (secondary N) is 4. The lowest BCUT2D eigenvalue weighted by molar-refractivity contribution is -0.143. The molecule has 1 aliphatic heterocycles. The Hall–Kier alpha value is -3.95. The summed E-state index contributed by atoms with van der Waals surface area (Å²) in [4.78, 5) is 66.7. The number of nitrogens with zero attached hydrogens (tertiary/aromatic N) is 1. The zero-order valence-corrected chi connectivity index (χ0v) is 26.0. The number of ketones is 1. The van der Waals surface area contributed by atoms with Gasteiger partial charge in [-0.1, -0.05) is 63.6 Å². The van der Waals surface area contributed by atoms with Crippen LogP contribution in [0.3, 0.4) is 0 Å². The highest BCUT2D eigenvalue weighted by molar-refractivity contribution is 6.38. The van der Waals surface area contributed by atoms with Crippen LogP contribution in [0.15, 0.2) is 49.6 Å². The van der Waals surface area contributed by atoms with Crippen molar-refractivity contribution in [3.8, 4) is 0 Å². The molecule has 0 radical (unpaired) electrons. The molecule has 236 valence electrons. The third-order valence-electron chi connectivity index (χ3n) is 7.40. The van der Waals surface area contributed by atoms with E-state index in [4.69, 9.17) is 0 Å². The van der Waals surface area contributed by atoms with E-state index >= 15 is 0 Å². The van der Waals surface area contributed by atoms with Crippen LogP contribution in [0.1, 0.15) is 70.4 Å². The van der Waals surface area contributed by atoms with Gasteiger partial charge in [0.2, 0.25) is 17.6 Å². The minimum Gasteiger partial charge on any atom is -0.346 e. The summed E-state index contributed by atoms with van der Waals surface area (Å²) in [5, 5.41) is 10.8. The Morgan fingerprint density at radius 2 is 1.63 bits per heavy atom. The molecule has 4 N–H and O–H groups in total. The molecule has 1 saturated heterocycles. The third kappa shape index (κ3) is 10.4. The first-order valence-corrected chi connectivity index (χ1v) is 15.5. The highest BCUT2D eigenvalue weighted by atomic mass is 16.2. The molecule has 1 unspecified atom stereocenters. The van der Waals surface area contributed by atoms with Crippen molar-refractivity contribution in [1.29, 1.82) is 0 Å². The van der Waals surface area contributed by atoms with Gasteiger partial charge in [-0.05, 0) is 62.0 Å². The van der Waals surface area contributed by atoms with Crippen molar-refractivity contribution in [3.05, 3.63) is 60.7 Å². The van der Waals surface area contributed by atoms with Crippen molar-refractivity contribution in [3.63, 3.8) is 0 Å².